The minimum absolute atomic E-state index is 0.722. The molecule has 3 nitrogen and oxygen atoms in total. The number of nitrogens with zero attached hydrogens (tertiary/aromatic N) is 1. The topological polar surface area (TPSA) is 38.5 Å². The molecule has 0 unspecified atom stereocenters. The van der Waals surface area contributed by atoms with Crippen LogP contribution in [0.1, 0.15) is 37.7 Å². The highest BCUT2D eigenvalue weighted by atomic mass is 16.5. The van der Waals surface area contributed by atoms with E-state index < -0.39 is 0 Å². The maximum atomic E-state index is 5.77. The molecule has 2 N–H and O–H groups in total. The Morgan fingerprint density at radius 3 is 2.42 bits per heavy atom. The van der Waals surface area contributed by atoms with Gasteiger partial charge in [-0.15, -0.1) is 0 Å². The first kappa shape index (κ1) is 14.4. The van der Waals surface area contributed by atoms with Gasteiger partial charge in [0.05, 0.1) is 7.11 Å². The fourth-order valence-electron chi connectivity index (χ4n) is 2.97. The first-order valence-corrected chi connectivity index (χ1v) is 7.40. The Bertz CT molecular complexity index is 358. The molecule has 0 radical (unpaired) electrons. The Morgan fingerprint density at radius 1 is 1.16 bits per heavy atom. The van der Waals surface area contributed by atoms with Gasteiger partial charge in [0.25, 0.3) is 0 Å². The van der Waals surface area contributed by atoms with Crippen LogP contribution in [0.15, 0.2) is 24.3 Å². The first-order chi connectivity index (χ1) is 9.33. The molecule has 1 aromatic carbocycles. The summed E-state index contributed by atoms with van der Waals surface area (Å²) in [7, 11) is 1.71. The van der Waals surface area contributed by atoms with Crippen molar-refractivity contribution in [2.75, 3.05) is 20.2 Å². The van der Waals surface area contributed by atoms with Crippen molar-refractivity contribution in [2.45, 2.75) is 44.7 Å². The molecule has 0 heterocycles. The maximum absolute atomic E-state index is 5.77. The summed E-state index contributed by atoms with van der Waals surface area (Å²) in [5, 5.41) is 0. The second-order valence-corrected chi connectivity index (χ2v) is 5.40. The quantitative estimate of drug-likeness (QED) is 0.856. The van der Waals surface area contributed by atoms with Gasteiger partial charge in [-0.1, -0.05) is 31.4 Å². The molecule has 1 aliphatic rings. The van der Waals surface area contributed by atoms with Gasteiger partial charge in [-0.05, 0) is 30.5 Å². The van der Waals surface area contributed by atoms with E-state index in [1.807, 2.05) is 12.1 Å². The normalized spacial score (nSPS) is 16.8. The van der Waals surface area contributed by atoms with Gasteiger partial charge in [-0.2, -0.15) is 0 Å². The van der Waals surface area contributed by atoms with Crippen molar-refractivity contribution in [1.29, 1.82) is 0 Å². The Labute approximate surface area is 116 Å². The molecule has 0 aliphatic heterocycles. The van der Waals surface area contributed by atoms with Crippen molar-refractivity contribution in [3.63, 3.8) is 0 Å². The average Bonchev–Trinajstić information content (AvgIpc) is 2.48. The monoisotopic (exact) mass is 262 g/mol. The molecule has 106 valence electrons. The second kappa shape index (κ2) is 7.51. The van der Waals surface area contributed by atoms with E-state index in [-0.39, 0.29) is 0 Å². The fourth-order valence-corrected chi connectivity index (χ4v) is 2.97. The highest BCUT2D eigenvalue weighted by Crippen LogP contribution is 2.24. The molecular formula is C16H26N2O. The lowest BCUT2D eigenvalue weighted by Gasteiger charge is -2.34. The van der Waals surface area contributed by atoms with Crippen LogP contribution in [-0.4, -0.2) is 31.1 Å². The van der Waals surface area contributed by atoms with Crippen molar-refractivity contribution in [3.05, 3.63) is 29.8 Å². The summed E-state index contributed by atoms with van der Waals surface area (Å²) in [5.74, 6) is 0.923. The number of hydrogen-bond donors (Lipinski definition) is 1. The van der Waals surface area contributed by atoms with Crippen LogP contribution in [0.2, 0.25) is 0 Å². The zero-order chi connectivity index (χ0) is 13.5. The molecule has 0 amide bonds. The molecule has 1 saturated carbocycles. The molecule has 0 saturated heterocycles. The summed E-state index contributed by atoms with van der Waals surface area (Å²) < 4.78 is 5.20. The van der Waals surface area contributed by atoms with Gasteiger partial charge in [0, 0.05) is 25.7 Å². The van der Waals surface area contributed by atoms with Gasteiger partial charge in [0.15, 0.2) is 0 Å². The van der Waals surface area contributed by atoms with Crippen LogP contribution in [0.3, 0.4) is 0 Å². The van der Waals surface area contributed by atoms with Crippen molar-refractivity contribution in [3.8, 4) is 5.75 Å². The van der Waals surface area contributed by atoms with E-state index in [1.54, 1.807) is 7.11 Å². The van der Waals surface area contributed by atoms with Crippen LogP contribution in [0.4, 0.5) is 0 Å². The molecular weight excluding hydrogens is 236 g/mol. The SMILES string of the molecule is COc1ccc(CN(CCN)C2CCCCC2)cc1. The molecule has 1 aromatic rings. The number of benzene rings is 1. The number of hydrogen-bond acceptors (Lipinski definition) is 3. The highest BCUT2D eigenvalue weighted by Gasteiger charge is 2.20. The van der Waals surface area contributed by atoms with E-state index in [4.69, 9.17) is 10.5 Å². The van der Waals surface area contributed by atoms with Crippen molar-refractivity contribution >= 4 is 0 Å². The van der Waals surface area contributed by atoms with E-state index in [0.29, 0.717) is 0 Å². The molecule has 1 aliphatic carbocycles. The molecule has 0 aromatic heterocycles. The van der Waals surface area contributed by atoms with Crippen LogP contribution in [-0.2, 0) is 6.54 Å². The Morgan fingerprint density at radius 2 is 1.84 bits per heavy atom. The van der Waals surface area contributed by atoms with Gasteiger partial charge in [0.2, 0.25) is 0 Å². The summed E-state index contributed by atoms with van der Waals surface area (Å²) >= 11 is 0. The summed E-state index contributed by atoms with van der Waals surface area (Å²) in [6.45, 7) is 2.75. The minimum Gasteiger partial charge on any atom is -0.497 e. The van der Waals surface area contributed by atoms with E-state index in [2.05, 4.69) is 17.0 Å². The Hall–Kier alpha value is -1.06. The van der Waals surface area contributed by atoms with Crippen LogP contribution < -0.4 is 10.5 Å². The first-order valence-electron chi connectivity index (χ1n) is 7.40. The zero-order valence-electron chi connectivity index (χ0n) is 12.0. The molecule has 1 fully saturated rings. The summed E-state index contributed by atoms with van der Waals surface area (Å²) in [6, 6.07) is 9.11. The molecule has 0 bridgehead atoms. The van der Waals surface area contributed by atoms with Gasteiger partial charge < -0.3 is 10.5 Å². The lowest BCUT2D eigenvalue weighted by atomic mass is 9.94. The number of ether oxygens (including phenoxy) is 1. The number of rotatable bonds is 6. The van der Waals surface area contributed by atoms with Crippen LogP contribution in [0, 0.1) is 0 Å². The van der Waals surface area contributed by atoms with Crippen LogP contribution in [0.5, 0.6) is 5.75 Å². The maximum Gasteiger partial charge on any atom is 0.118 e. The standard InChI is InChI=1S/C16H26N2O/c1-19-16-9-7-14(8-10-16)13-18(12-11-17)15-5-3-2-4-6-15/h7-10,15H,2-6,11-13,17H2,1H3. The number of methoxy groups -OCH3 is 1. The highest BCUT2D eigenvalue weighted by molar-refractivity contribution is 5.27. The number of nitrogens with two attached hydrogens (primary N) is 1. The van der Waals surface area contributed by atoms with Gasteiger partial charge in [-0.25, -0.2) is 0 Å². The smallest absolute Gasteiger partial charge is 0.118 e. The third kappa shape index (κ3) is 4.22. The van der Waals surface area contributed by atoms with E-state index >= 15 is 0 Å². The molecule has 3 heteroatoms. The summed E-state index contributed by atoms with van der Waals surface area (Å²) in [4.78, 5) is 2.56. The third-order valence-corrected chi connectivity index (χ3v) is 4.05. The fraction of sp³-hybridized carbons (Fsp3) is 0.625. The van der Waals surface area contributed by atoms with E-state index in [1.165, 1.54) is 37.7 Å². The van der Waals surface area contributed by atoms with E-state index in [0.717, 1.165) is 31.4 Å². The average molecular weight is 262 g/mol. The van der Waals surface area contributed by atoms with Crippen LogP contribution >= 0.6 is 0 Å². The Balaban J connectivity index is 1.97. The van der Waals surface area contributed by atoms with Gasteiger partial charge >= 0.3 is 0 Å². The molecule has 19 heavy (non-hydrogen) atoms. The Kier molecular flexibility index (Phi) is 5.67. The largest absolute Gasteiger partial charge is 0.497 e. The second-order valence-electron chi connectivity index (χ2n) is 5.40. The van der Waals surface area contributed by atoms with Crippen molar-refractivity contribution in [2.24, 2.45) is 5.73 Å². The van der Waals surface area contributed by atoms with Crippen molar-refractivity contribution < 1.29 is 4.74 Å². The zero-order valence-corrected chi connectivity index (χ0v) is 12.0. The molecule has 0 spiro atoms. The molecule has 2 rings (SSSR count). The summed E-state index contributed by atoms with van der Waals surface area (Å²) in [6.07, 6.45) is 6.80. The molecule has 0 atom stereocenters. The minimum atomic E-state index is 0.722. The van der Waals surface area contributed by atoms with E-state index in [9.17, 15) is 0 Å². The van der Waals surface area contributed by atoms with Gasteiger partial charge in [0.1, 0.15) is 5.75 Å². The van der Waals surface area contributed by atoms with Crippen molar-refractivity contribution in [1.82, 2.24) is 4.90 Å². The summed E-state index contributed by atoms with van der Waals surface area (Å²) in [5.41, 5.74) is 7.12. The predicted octanol–water partition coefficient (Wildman–Crippen LogP) is 2.79. The lowest BCUT2D eigenvalue weighted by molar-refractivity contribution is 0.152. The van der Waals surface area contributed by atoms with Crippen LogP contribution in [0.25, 0.3) is 0 Å². The predicted molar refractivity (Wildman–Crippen MR) is 79.3 cm³/mol. The lowest BCUT2D eigenvalue weighted by Crippen LogP contribution is -2.39. The van der Waals surface area contributed by atoms with Gasteiger partial charge in [-0.3, -0.25) is 4.90 Å². The third-order valence-electron chi connectivity index (χ3n) is 4.05.